The molecule has 2 rings (SSSR count). The van der Waals surface area contributed by atoms with Crippen molar-refractivity contribution in [3.05, 3.63) is 64.9 Å². The molecule has 0 fully saturated rings. The van der Waals surface area contributed by atoms with Crippen molar-refractivity contribution in [3.8, 4) is 0 Å². The van der Waals surface area contributed by atoms with E-state index in [1.165, 1.54) is 6.20 Å². The predicted octanol–water partition coefficient (Wildman–Crippen LogP) is 3.86. The molecule has 1 unspecified atom stereocenters. The average Bonchev–Trinajstić information content (AvgIpc) is 2.45. The highest BCUT2D eigenvalue weighted by atomic mass is 35.5. The lowest BCUT2D eigenvalue weighted by Crippen LogP contribution is -2.31. The summed E-state index contributed by atoms with van der Waals surface area (Å²) >= 11 is 5.81. The van der Waals surface area contributed by atoms with E-state index in [1.54, 1.807) is 12.1 Å². The summed E-state index contributed by atoms with van der Waals surface area (Å²) in [6.45, 7) is 4.16. The molecule has 1 amide bonds. The van der Waals surface area contributed by atoms with E-state index >= 15 is 0 Å². The van der Waals surface area contributed by atoms with Crippen molar-refractivity contribution in [1.29, 1.82) is 0 Å². The molecule has 1 aromatic heterocycles. The summed E-state index contributed by atoms with van der Waals surface area (Å²) in [6, 6.07) is 13.1. The predicted molar refractivity (Wildman–Crippen MR) is 80.7 cm³/mol. The Labute approximate surface area is 124 Å². The van der Waals surface area contributed by atoms with Crippen molar-refractivity contribution in [2.75, 3.05) is 0 Å². The van der Waals surface area contributed by atoms with Crippen molar-refractivity contribution in [2.24, 2.45) is 5.92 Å². The second-order valence-electron chi connectivity index (χ2n) is 4.97. The molecular formula is C16H17ClN2O. The molecule has 3 nitrogen and oxygen atoms in total. The van der Waals surface area contributed by atoms with E-state index in [4.69, 9.17) is 11.6 Å². The summed E-state index contributed by atoms with van der Waals surface area (Å²) in [5.41, 5.74) is 1.61. The van der Waals surface area contributed by atoms with Crippen molar-refractivity contribution < 1.29 is 4.79 Å². The molecule has 104 valence electrons. The van der Waals surface area contributed by atoms with Gasteiger partial charge in [-0.2, -0.15) is 0 Å². The van der Waals surface area contributed by atoms with Crippen LogP contribution in [0.3, 0.4) is 0 Å². The molecule has 20 heavy (non-hydrogen) atoms. The number of carbonyl (C=O) groups is 1. The Bertz CT molecular complexity index is 584. The van der Waals surface area contributed by atoms with Gasteiger partial charge < -0.3 is 5.32 Å². The molecule has 1 atom stereocenters. The van der Waals surface area contributed by atoms with Crippen LogP contribution in [-0.4, -0.2) is 10.9 Å². The molecule has 1 heterocycles. The minimum atomic E-state index is -0.142. The normalized spacial score (nSPS) is 12.2. The third-order valence-electron chi connectivity index (χ3n) is 3.10. The molecular weight excluding hydrogens is 272 g/mol. The highest BCUT2D eigenvalue weighted by Crippen LogP contribution is 2.22. The third kappa shape index (κ3) is 3.58. The van der Waals surface area contributed by atoms with E-state index in [0.717, 1.165) is 5.56 Å². The Hall–Kier alpha value is -1.87. The SMILES string of the molecule is CC(C)C(NC(=O)c1ccnc(Cl)c1)c1ccccc1. The molecule has 0 radical (unpaired) electrons. The summed E-state index contributed by atoms with van der Waals surface area (Å²) in [6.07, 6.45) is 1.53. The van der Waals surface area contributed by atoms with E-state index in [9.17, 15) is 4.79 Å². The van der Waals surface area contributed by atoms with Crippen LogP contribution in [0.2, 0.25) is 5.15 Å². The number of benzene rings is 1. The lowest BCUT2D eigenvalue weighted by molar-refractivity contribution is 0.0925. The molecule has 4 heteroatoms. The van der Waals surface area contributed by atoms with Gasteiger partial charge in [-0.1, -0.05) is 55.8 Å². The van der Waals surface area contributed by atoms with Gasteiger partial charge in [0.25, 0.3) is 5.91 Å². The topological polar surface area (TPSA) is 42.0 Å². The van der Waals surface area contributed by atoms with Crippen LogP contribution >= 0.6 is 11.6 Å². The fourth-order valence-electron chi connectivity index (χ4n) is 2.06. The van der Waals surface area contributed by atoms with Crippen molar-refractivity contribution in [1.82, 2.24) is 10.3 Å². The summed E-state index contributed by atoms with van der Waals surface area (Å²) in [7, 11) is 0. The van der Waals surface area contributed by atoms with Gasteiger partial charge in [-0.25, -0.2) is 4.98 Å². The van der Waals surface area contributed by atoms with Crippen molar-refractivity contribution in [2.45, 2.75) is 19.9 Å². The van der Waals surface area contributed by atoms with E-state index < -0.39 is 0 Å². The largest absolute Gasteiger partial charge is 0.345 e. The first-order valence-electron chi connectivity index (χ1n) is 6.55. The minimum Gasteiger partial charge on any atom is -0.345 e. The zero-order valence-corrected chi connectivity index (χ0v) is 12.3. The maximum Gasteiger partial charge on any atom is 0.251 e. The third-order valence-corrected chi connectivity index (χ3v) is 3.31. The molecule has 0 saturated heterocycles. The monoisotopic (exact) mass is 288 g/mol. The lowest BCUT2D eigenvalue weighted by Gasteiger charge is -2.23. The van der Waals surface area contributed by atoms with Crippen LogP contribution in [0.5, 0.6) is 0 Å². The Kier molecular flexibility index (Phi) is 4.74. The number of hydrogen-bond donors (Lipinski definition) is 1. The van der Waals surface area contributed by atoms with Gasteiger partial charge in [0.1, 0.15) is 5.15 Å². The Balaban J connectivity index is 2.19. The quantitative estimate of drug-likeness (QED) is 0.868. The first-order valence-corrected chi connectivity index (χ1v) is 6.93. The fourth-order valence-corrected chi connectivity index (χ4v) is 2.24. The maximum atomic E-state index is 12.3. The fraction of sp³-hybridized carbons (Fsp3) is 0.250. The minimum absolute atomic E-state index is 0.0318. The zero-order valence-electron chi connectivity index (χ0n) is 11.5. The standard InChI is InChI=1S/C16H17ClN2O/c1-11(2)15(12-6-4-3-5-7-12)19-16(20)13-8-9-18-14(17)10-13/h3-11,15H,1-2H3,(H,19,20). The van der Waals surface area contributed by atoms with E-state index in [0.29, 0.717) is 16.6 Å². The smallest absolute Gasteiger partial charge is 0.251 e. The average molecular weight is 289 g/mol. The summed E-state index contributed by atoms with van der Waals surface area (Å²) in [5.74, 6) is 0.149. The first-order chi connectivity index (χ1) is 9.58. The second kappa shape index (κ2) is 6.53. The Morgan fingerprint density at radius 1 is 1.20 bits per heavy atom. The van der Waals surface area contributed by atoms with Gasteiger partial charge in [0, 0.05) is 11.8 Å². The van der Waals surface area contributed by atoms with Gasteiger partial charge in [-0.15, -0.1) is 0 Å². The van der Waals surface area contributed by atoms with Crippen LogP contribution in [0, 0.1) is 5.92 Å². The number of pyridine rings is 1. The molecule has 1 aromatic carbocycles. The summed E-state index contributed by atoms with van der Waals surface area (Å²) in [5, 5.41) is 3.37. The molecule has 2 aromatic rings. The van der Waals surface area contributed by atoms with Crippen LogP contribution in [0.4, 0.5) is 0 Å². The van der Waals surface area contributed by atoms with Gasteiger partial charge in [-0.3, -0.25) is 4.79 Å². The number of nitrogens with zero attached hydrogens (tertiary/aromatic N) is 1. The maximum absolute atomic E-state index is 12.3. The Morgan fingerprint density at radius 3 is 2.50 bits per heavy atom. The number of amides is 1. The van der Waals surface area contributed by atoms with Gasteiger partial charge in [-0.05, 0) is 23.6 Å². The summed E-state index contributed by atoms with van der Waals surface area (Å²) in [4.78, 5) is 16.2. The van der Waals surface area contributed by atoms with Crippen LogP contribution in [0.25, 0.3) is 0 Å². The molecule has 0 spiro atoms. The first kappa shape index (κ1) is 14.5. The molecule has 0 aliphatic carbocycles. The van der Waals surface area contributed by atoms with Gasteiger partial charge in [0.05, 0.1) is 6.04 Å². The van der Waals surface area contributed by atoms with Crippen LogP contribution in [0.15, 0.2) is 48.7 Å². The van der Waals surface area contributed by atoms with E-state index in [2.05, 4.69) is 24.1 Å². The molecule has 1 N–H and O–H groups in total. The second-order valence-corrected chi connectivity index (χ2v) is 5.36. The van der Waals surface area contributed by atoms with Crippen molar-refractivity contribution >= 4 is 17.5 Å². The number of aromatic nitrogens is 1. The molecule has 0 saturated carbocycles. The number of rotatable bonds is 4. The van der Waals surface area contributed by atoms with Crippen LogP contribution < -0.4 is 5.32 Å². The summed E-state index contributed by atoms with van der Waals surface area (Å²) < 4.78 is 0. The van der Waals surface area contributed by atoms with Gasteiger partial charge in [0.2, 0.25) is 0 Å². The number of hydrogen-bond acceptors (Lipinski definition) is 2. The number of halogens is 1. The van der Waals surface area contributed by atoms with Gasteiger partial charge >= 0.3 is 0 Å². The van der Waals surface area contributed by atoms with E-state index in [1.807, 2.05) is 30.3 Å². The number of nitrogens with one attached hydrogen (secondary N) is 1. The molecule has 0 bridgehead atoms. The highest BCUT2D eigenvalue weighted by molar-refractivity contribution is 6.29. The van der Waals surface area contributed by atoms with Gasteiger partial charge in [0.15, 0.2) is 0 Å². The number of carbonyl (C=O) groups excluding carboxylic acids is 1. The zero-order chi connectivity index (χ0) is 14.5. The van der Waals surface area contributed by atoms with Crippen molar-refractivity contribution in [3.63, 3.8) is 0 Å². The van der Waals surface area contributed by atoms with Crippen LogP contribution in [-0.2, 0) is 0 Å². The molecule has 0 aliphatic heterocycles. The highest BCUT2D eigenvalue weighted by Gasteiger charge is 2.19. The lowest BCUT2D eigenvalue weighted by atomic mass is 9.96. The molecule has 0 aliphatic rings. The van der Waals surface area contributed by atoms with Crippen LogP contribution in [0.1, 0.15) is 35.8 Å². The van der Waals surface area contributed by atoms with E-state index in [-0.39, 0.29) is 11.9 Å². The Morgan fingerprint density at radius 2 is 1.90 bits per heavy atom.